The first-order valence-electron chi connectivity index (χ1n) is 6.10. The van der Waals surface area contributed by atoms with Gasteiger partial charge in [-0.2, -0.15) is 0 Å². The molecule has 0 saturated heterocycles. The monoisotopic (exact) mass is 254 g/mol. The molecule has 0 spiro atoms. The maximum Gasteiger partial charge on any atom is 0.128 e. The second-order valence-corrected chi connectivity index (χ2v) is 5.34. The number of hydrogen-bond donors (Lipinski definition) is 1. The maximum absolute atomic E-state index is 13.2. The lowest BCUT2D eigenvalue weighted by molar-refractivity contribution is -0.0312. The Kier molecular flexibility index (Phi) is 3.59. The smallest absolute Gasteiger partial charge is 0.128 e. The zero-order chi connectivity index (χ0) is 13.3. The van der Waals surface area contributed by atoms with Gasteiger partial charge in [0.2, 0.25) is 0 Å². The van der Waals surface area contributed by atoms with E-state index in [0.717, 1.165) is 0 Å². The van der Waals surface area contributed by atoms with E-state index >= 15 is 0 Å². The molecule has 18 heavy (non-hydrogen) atoms. The van der Waals surface area contributed by atoms with Crippen LogP contribution in [0.2, 0.25) is 0 Å². The number of methoxy groups -OCH3 is 1. The summed E-state index contributed by atoms with van der Waals surface area (Å²) in [5.41, 5.74) is 0.331. The highest BCUT2D eigenvalue weighted by molar-refractivity contribution is 5.37. The lowest BCUT2D eigenvalue weighted by Gasteiger charge is -2.34. The number of rotatable bonds is 3. The highest BCUT2D eigenvalue weighted by Crippen LogP contribution is 2.37. The quantitative estimate of drug-likeness (QED) is 0.901. The van der Waals surface area contributed by atoms with Crippen molar-refractivity contribution in [3.8, 4) is 5.75 Å². The number of aliphatic hydroxyl groups is 1. The lowest BCUT2D eigenvalue weighted by Crippen LogP contribution is -2.35. The van der Waals surface area contributed by atoms with Crippen molar-refractivity contribution in [3.05, 3.63) is 29.6 Å². The van der Waals surface area contributed by atoms with Crippen LogP contribution in [0.15, 0.2) is 18.2 Å². The predicted octanol–water partition coefficient (Wildman–Crippen LogP) is 2.83. The van der Waals surface area contributed by atoms with Gasteiger partial charge in [0.25, 0.3) is 0 Å². The molecule has 2 atom stereocenters. The molecule has 1 N–H and O–H groups in total. The SMILES string of the molecule is COC(C)(C)CC1C[C@H](O)c2ccc(F)cc2O1. The van der Waals surface area contributed by atoms with Crippen molar-refractivity contribution in [3.63, 3.8) is 0 Å². The molecule has 0 aromatic heterocycles. The van der Waals surface area contributed by atoms with E-state index < -0.39 is 6.10 Å². The van der Waals surface area contributed by atoms with E-state index in [1.165, 1.54) is 12.1 Å². The minimum atomic E-state index is -0.605. The molecule has 1 unspecified atom stereocenters. The number of benzene rings is 1. The van der Waals surface area contributed by atoms with Gasteiger partial charge in [-0.1, -0.05) is 0 Å². The summed E-state index contributed by atoms with van der Waals surface area (Å²) >= 11 is 0. The maximum atomic E-state index is 13.2. The molecule has 4 heteroatoms. The molecule has 0 fully saturated rings. The van der Waals surface area contributed by atoms with E-state index in [2.05, 4.69) is 0 Å². The molecule has 0 bridgehead atoms. The third-order valence-corrected chi connectivity index (χ3v) is 3.39. The molecule has 3 nitrogen and oxygen atoms in total. The standard InChI is InChI=1S/C14H19FO3/c1-14(2,17-3)8-10-7-12(16)11-5-4-9(15)6-13(11)18-10/h4-6,10,12,16H,7-8H2,1-3H3/t10?,12-/m0/s1. The fraction of sp³-hybridized carbons (Fsp3) is 0.571. The molecule has 0 amide bonds. The Labute approximate surface area is 107 Å². The van der Waals surface area contributed by atoms with E-state index in [1.54, 1.807) is 13.2 Å². The van der Waals surface area contributed by atoms with Crippen molar-refractivity contribution in [2.24, 2.45) is 0 Å². The molecule has 2 rings (SSSR count). The van der Waals surface area contributed by atoms with Crippen LogP contribution in [0.1, 0.15) is 38.4 Å². The molecule has 1 aromatic rings. The summed E-state index contributed by atoms with van der Waals surface area (Å²) in [5, 5.41) is 10.0. The summed E-state index contributed by atoms with van der Waals surface area (Å²) in [4.78, 5) is 0. The first kappa shape index (κ1) is 13.3. The molecule has 0 radical (unpaired) electrons. The Hall–Kier alpha value is -1.13. The molecule has 1 heterocycles. The second kappa shape index (κ2) is 4.86. The number of fused-ring (bicyclic) bond motifs is 1. The molecule has 0 aliphatic carbocycles. The highest BCUT2D eigenvalue weighted by atomic mass is 19.1. The molecular weight excluding hydrogens is 235 g/mol. The molecule has 1 aliphatic rings. The highest BCUT2D eigenvalue weighted by Gasteiger charge is 2.31. The van der Waals surface area contributed by atoms with Crippen LogP contribution in [0.3, 0.4) is 0 Å². The summed E-state index contributed by atoms with van der Waals surface area (Å²) in [6.07, 6.45) is 0.387. The lowest BCUT2D eigenvalue weighted by atomic mass is 9.92. The fourth-order valence-corrected chi connectivity index (χ4v) is 2.25. The third-order valence-electron chi connectivity index (χ3n) is 3.39. The first-order valence-corrected chi connectivity index (χ1v) is 6.10. The van der Waals surface area contributed by atoms with Crippen LogP contribution < -0.4 is 4.74 Å². The van der Waals surface area contributed by atoms with Crippen molar-refractivity contribution in [2.45, 2.75) is 44.5 Å². The van der Waals surface area contributed by atoms with Crippen LogP contribution in [0.25, 0.3) is 0 Å². The fourth-order valence-electron chi connectivity index (χ4n) is 2.25. The van der Waals surface area contributed by atoms with Gasteiger partial charge in [-0.3, -0.25) is 0 Å². The third kappa shape index (κ3) is 2.82. The average Bonchev–Trinajstić information content (AvgIpc) is 2.27. The van der Waals surface area contributed by atoms with Crippen LogP contribution in [-0.2, 0) is 4.74 Å². The number of hydrogen-bond acceptors (Lipinski definition) is 3. The molecular formula is C14H19FO3. The van der Waals surface area contributed by atoms with Crippen LogP contribution in [-0.4, -0.2) is 23.9 Å². The average molecular weight is 254 g/mol. The Balaban J connectivity index is 2.17. The Morgan fingerprint density at radius 1 is 1.50 bits per heavy atom. The van der Waals surface area contributed by atoms with Crippen molar-refractivity contribution in [1.29, 1.82) is 0 Å². The van der Waals surface area contributed by atoms with E-state index in [4.69, 9.17) is 9.47 Å². The number of ether oxygens (including phenoxy) is 2. The minimum Gasteiger partial charge on any atom is -0.490 e. The minimum absolute atomic E-state index is 0.163. The Morgan fingerprint density at radius 2 is 2.22 bits per heavy atom. The molecule has 0 saturated carbocycles. The van der Waals surface area contributed by atoms with Crippen molar-refractivity contribution in [2.75, 3.05) is 7.11 Å². The topological polar surface area (TPSA) is 38.7 Å². The predicted molar refractivity (Wildman–Crippen MR) is 66.1 cm³/mol. The summed E-state index contributed by atoms with van der Waals surface area (Å²) in [5.74, 6) is 0.0817. The van der Waals surface area contributed by atoms with Gasteiger partial charge >= 0.3 is 0 Å². The van der Waals surface area contributed by atoms with Crippen molar-refractivity contribution < 1.29 is 19.0 Å². The van der Waals surface area contributed by atoms with Crippen LogP contribution in [0.5, 0.6) is 5.75 Å². The van der Waals surface area contributed by atoms with Crippen LogP contribution in [0, 0.1) is 5.82 Å². The van der Waals surface area contributed by atoms with Gasteiger partial charge in [0.1, 0.15) is 17.7 Å². The van der Waals surface area contributed by atoms with Gasteiger partial charge in [-0.15, -0.1) is 0 Å². The second-order valence-electron chi connectivity index (χ2n) is 5.34. The largest absolute Gasteiger partial charge is 0.490 e. The van der Waals surface area contributed by atoms with Gasteiger partial charge in [-0.25, -0.2) is 4.39 Å². The normalized spacial score (nSPS) is 23.4. The van der Waals surface area contributed by atoms with Crippen molar-refractivity contribution in [1.82, 2.24) is 0 Å². The van der Waals surface area contributed by atoms with Crippen LogP contribution in [0.4, 0.5) is 4.39 Å². The molecule has 1 aliphatic heterocycles. The van der Waals surface area contributed by atoms with Gasteiger partial charge in [0, 0.05) is 31.6 Å². The summed E-state index contributed by atoms with van der Waals surface area (Å²) in [7, 11) is 1.65. The summed E-state index contributed by atoms with van der Waals surface area (Å²) in [6.45, 7) is 3.92. The van der Waals surface area contributed by atoms with Gasteiger partial charge in [0.05, 0.1) is 11.7 Å². The summed E-state index contributed by atoms with van der Waals surface area (Å²) < 4.78 is 24.3. The van der Waals surface area contributed by atoms with E-state index in [-0.39, 0.29) is 17.5 Å². The Morgan fingerprint density at radius 3 is 2.89 bits per heavy atom. The molecule has 1 aromatic carbocycles. The Bertz CT molecular complexity index is 431. The van der Waals surface area contributed by atoms with E-state index in [0.29, 0.717) is 24.2 Å². The van der Waals surface area contributed by atoms with Gasteiger partial charge < -0.3 is 14.6 Å². The number of aliphatic hydroxyl groups excluding tert-OH is 1. The summed E-state index contributed by atoms with van der Waals surface area (Å²) in [6, 6.07) is 4.24. The number of halogens is 1. The molecule has 100 valence electrons. The first-order chi connectivity index (χ1) is 8.41. The zero-order valence-electron chi connectivity index (χ0n) is 10.9. The van der Waals surface area contributed by atoms with Gasteiger partial charge in [-0.05, 0) is 26.0 Å². The van der Waals surface area contributed by atoms with E-state index in [9.17, 15) is 9.50 Å². The zero-order valence-corrected chi connectivity index (χ0v) is 10.9. The van der Waals surface area contributed by atoms with Gasteiger partial charge in [0.15, 0.2) is 0 Å². The van der Waals surface area contributed by atoms with Crippen LogP contribution >= 0.6 is 0 Å². The van der Waals surface area contributed by atoms with Crippen molar-refractivity contribution >= 4 is 0 Å². The van der Waals surface area contributed by atoms with E-state index in [1.807, 2.05) is 13.8 Å².